The zero-order chi connectivity index (χ0) is 7.24. The first-order chi connectivity index (χ1) is 4.62. The van der Waals surface area contributed by atoms with Crippen molar-refractivity contribution in [2.24, 2.45) is 10.8 Å². The van der Waals surface area contributed by atoms with E-state index in [1.54, 1.807) is 0 Å². The van der Waals surface area contributed by atoms with E-state index in [1.165, 1.54) is 25.7 Å². The Labute approximate surface area is 63.3 Å². The normalized spacial score (nSPS) is 32.6. The lowest BCUT2D eigenvalue weighted by atomic mass is 9.77. The second-order valence-corrected chi connectivity index (χ2v) is 4.68. The van der Waals surface area contributed by atoms with Gasteiger partial charge in [-0.05, 0) is 36.5 Å². The lowest BCUT2D eigenvalue weighted by Gasteiger charge is -2.28. The smallest absolute Gasteiger partial charge is 0.0117 e. The van der Waals surface area contributed by atoms with E-state index in [1.807, 2.05) is 0 Å². The second-order valence-electron chi connectivity index (χ2n) is 4.68. The van der Waals surface area contributed by atoms with Gasteiger partial charge in [-0.3, -0.25) is 0 Å². The quantitative estimate of drug-likeness (QED) is 0.449. The highest BCUT2D eigenvalue weighted by atomic mass is 14.5. The molecule has 1 fully saturated rings. The summed E-state index contributed by atoms with van der Waals surface area (Å²) in [5.74, 6) is 0. The van der Waals surface area contributed by atoms with Crippen molar-refractivity contribution in [3.63, 3.8) is 0 Å². The minimum absolute atomic E-state index is 0.494. The van der Waals surface area contributed by atoms with Gasteiger partial charge in [-0.2, -0.15) is 0 Å². The topological polar surface area (TPSA) is 0 Å². The van der Waals surface area contributed by atoms with Crippen LogP contribution in [-0.2, 0) is 0 Å². The first-order valence-corrected chi connectivity index (χ1v) is 4.32. The van der Waals surface area contributed by atoms with Crippen LogP contribution in [0.15, 0.2) is 12.2 Å². The van der Waals surface area contributed by atoms with Crippen molar-refractivity contribution in [3.8, 4) is 0 Å². The molecule has 0 aromatic rings. The Morgan fingerprint density at radius 2 is 1.50 bits per heavy atom. The molecule has 0 heteroatoms. The fraction of sp³-hybridized carbons (Fsp3) is 0.800. The van der Waals surface area contributed by atoms with Gasteiger partial charge in [-0.1, -0.05) is 26.0 Å². The molecular weight excluding hydrogens is 120 g/mol. The first kappa shape index (κ1) is 6.45. The lowest BCUT2D eigenvalue weighted by molar-refractivity contribution is 0.350. The maximum Gasteiger partial charge on any atom is -0.0117 e. The number of hydrogen-bond acceptors (Lipinski definition) is 0. The van der Waals surface area contributed by atoms with Crippen LogP contribution in [-0.4, -0.2) is 0 Å². The zero-order valence-electron chi connectivity index (χ0n) is 6.98. The van der Waals surface area contributed by atoms with Crippen LogP contribution in [0.3, 0.4) is 0 Å². The van der Waals surface area contributed by atoms with Crippen LogP contribution in [0.25, 0.3) is 0 Å². The highest BCUT2D eigenvalue weighted by molar-refractivity contribution is 5.16. The molecule has 0 atom stereocenters. The van der Waals surface area contributed by atoms with E-state index < -0.39 is 0 Å². The van der Waals surface area contributed by atoms with Gasteiger partial charge in [0, 0.05) is 0 Å². The van der Waals surface area contributed by atoms with Gasteiger partial charge >= 0.3 is 0 Å². The van der Waals surface area contributed by atoms with Crippen LogP contribution < -0.4 is 0 Å². The average Bonchev–Trinajstić information content (AvgIpc) is 2.60. The Bertz CT molecular complexity index is 162. The molecule has 0 aromatic heterocycles. The molecule has 2 rings (SSSR count). The van der Waals surface area contributed by atoms with Crippen molar-refractivity contribution in [3.05, 3.63) is 12.2 Å². The maximum atomic E-state index is 2.47. The van der Waals surface area contributed by atoms with Crippen LogP contribution in [0.4, 0.5) is 0 Å². The molecule has 0 aliphatic heterocycles. The molecule has 0 aromatic carbocycles. The van der Waals surface area contributed by atoms with Gasteiger partial charge in [0.15, 0.2) is 0 Å². The standard InChI is InChI=1S/C10H16/c1-9(2)3-5-10(6-4-9)7-8-10/h3,5H,4,6-8H2,1-2H3. The Morgan fingerprint density at radius 3 is 1.90 bits per heavy atom. The highest BCUT2D eigenvalue weighted by Gasteiger charge is 2.42. The molecule has 0 heterocycles. The fourth-order valence-electron chi connectivity index (χ4n) is 1.72. The van der Waals surface area contributed by atoms with E-state index in [9.17, 15) is 0 Å². The van der Waals surface area contributed by atoms with Crippen LogP contribution >= 0.6 is 0 Å². The van der Waals surface area contributed by atoms with Crippen molar-refractivity contribution >= 4 is 0 Å². The van der Waals surface area contributed by atoms with E-state index in [-0.39, 0.29) is 0 Å². The van der Waals surface area contributed by atoms with Crippen LogP contribution in [0.2, 0.25) is 0 Å². The summed E-state index contributed by atoms with van der Waals surface area (Å²) in [4.78, 5) is 0. The molecule has 56 valence electrons. The lowest BCUT2D eigenvalue weighted by Crippen LogP contribution is -2.15. The third-order valence-electron chi connectivity index (χ3n) is 3.05. The molecule has 2 aliphatic rings. The van der Waals surface area contributed by atoms with Crippen LogP contribution in [0.5, 0.6) is 0 Å². The summed E-state index contributed by atoms with van der Waals surface area (Å²) in [6.45, 7) is 4.66. The molecule has 0 bridgehead atoms. The summed E-state index contributed by atoms with van der Waals surface area (Å²) in [6, 6.07) is 0. The molecule has 0 amide bonds. The van der Waals surface area contributed by atoms with Gasteiger partial charge in [0.25, 0.3) is 0 Å². The van der Waals surface area contributed by atoms with Gasteiger partial charge < -0.3 is 0 Å². The summed E-state index contributed by atoms with van der Waals surface area (Å²) in [5, 5.41) is 0. The van der Waals surface area contributed by atoms with Gasteiger partial charge in [0.05, 0.1) is 0 Å². The molecule has 0 nitrogen and oxygen atoms in total. The van der Waals surface area contributed by atoms with Crippen molar-refractivity contribution < 1.29 is 0 Å². The molecule has 10 heavy (non-hydrogen) atoms. The summed E-state index contributed by atoms with van der Waals surface area (Å²) >= 11 is 0. The van der Waals surface area contributed by atoms with Gasteiger partial charge in [0.2, 0.25) is 0 Å². The Kier molecular flexibility index (Phi) is 1.07. The van der Waals surface area contributed by atoms with Crippen LogP contribution in [0, 0.1) is 10.8 Å². The third-order valence-corrected chi connectivity index (χ3v) is 3.05. The van der Waals surface area contributed by atoms with E-state index in [0.717, 1.165) is 0 Å². The molecule has 0 N–H and O–H groups in total. The van der Waals surface area contributed by atoms with Crippen molar-refractivity contribution in [2.45, 2.75) is 39.5 Å². The van der Waals surface area contributed by atoms with E-state index >= 15 is 0 Å². The van der Waals surface area contributed by atoms with Gasteiger partial charge in [0.1, 0.15) is 0 Å². The first-order valence-electron chi connectivity index (χ1n) is 4.32. The van der Waals surface area contributed by atoms with Crippen molar-refractivity contribution in [1.29, 1.82) is 0 Å². The Hall–Kier alpha value is -0.260. The largest absolute Gasteiger partial charge is 0.0823 e. The SMILES string of the molecule is CC1(C)C=CC2(CC1)CC2. The van der Waals surface area contributed by atoms with E-state index in [0.29, 0.717) is 10.8 Å². The zero-order valence-corrected chi connectivity index (χ0v) is 6.98. The highest BCUT2D eigenvalue weighted by Crippen LogP contribution is 2.55. The second kappa shape index (κ2) is 1.66. The summed E-state index contributed by atoms with van der Waals surface area (Å²) in [6.07, 6.45) is 10.6. The van der Waals surface area contributed by atoms with E-state index in [2.05, 4.69) is 26.0 Å². The van der Waals surface area contributed by atoms with Crippen molar-refractivity contribution in [2.75, 3.05) is 0 Å². The monoisotopic (exact) mass is 136 g/mol. The maximum absolute atomic E-state index is 2.47. The molecule has 0 radical (unpaired) electrons. The predicted octanol–water partition coefficient (Wildman–Crippen LogP) is 3.14. The third kappa shape index (κ3) is 1.00. The summed E-state index contributed by atoms with van der Waals surface area (Å²) < 4.78 is 0. The molecule has 1 spiro atoms. The van der Waals surface area contributed by atoms with Gasteiger partial charge in [-0.25, -0.2) is 0 Å². The van der Waals surface area contributed by atoms with Gasteiger partial charge in [-0.15, -0.1) is 0 Å². The number of allylic oxidation sites excluding steroid dienone is 2. The minimum atomic E-state index is 0.494. The summed E-state index contributed by atoms with van der Waals surface area (Å²) in [5.41, 5.74) is 1.20. The molecular formula is C10H16. The molecule has 1 saturated carbocycles. The molecule has 0 unspecified atom stereocenters. The molecule has 2 aliphatic carbocycles. The number of hydrogen-bond donors (Lipinski definition) is 0. The minimum Gasteiger partial charge on any atom is -0.0823 e. The fourth-order valence-corrected chi connectivity index (χ4v) is 1.72. The Morgan fingerprint density at radius 1 is 0.900 bits per heavy atom. The average molecular weight is 136 g/mol. The molecule has 0 saturated heterocycles. The number of rotatable bonds is 0. The summed E-state index contributed by atoms with van der Waals surface area (Å²) in [7, 11) is 0. The van der Waals surface area contributed by atoms with Crippen molar-refractivity contribution in [1.82, 2.24) is 0 Å². The Balaban J connectivity index is 2.14. The van der Waals surface area contributed by atoms with E-state index in [4.69, 9.17) is 0 Å². The predicted molar refractivity (Wildman–Crippen MR) is 43.8 cm³/mol. The van der Waals surface area contributed by atoms with Crippen LogP contribution in [0.1, 0.15) is 39.5 Å².